The van der Waals surface area contributed by atoms with Crippen LogP contribution in [-0.4, -0.2) is 16.2 Å². The Morgan fingerprint density at radius 3 is 2.47 bits per heavy atom. The topological polar surface area (TPSA) is 57.5 Å². The first-order valence-corrected chi connectivity index (χ1v) is 5.14. The molecule has 1 aromatic rings. The van der Waals surface area contributed by atoms with E-state index in [4.69, 9.17) is 5.11 Å². The summed E-state index contributed by atoms with van der Waals surface area (Å²) in [5.74, 6) is -2.46. The van der Waals surface area contributed by atoms with Crippen LogP contribution < -0.4 is 0 Å². The number of hydrogen-bond acceptors (Lipinski definition) is 2. The van der Waals surface area contributed by atoms with Gasteiger partial charge in [0.1, 0.15) is 11.6 Å². The molecule has 0 aliphatic carbocycles. The summed E-state index contributed by atoms with van der Waals surface area (Å²) in [6.07, 6.45) is -0.496. The normalized spacial score (nSPS) is 14.4. The number of carboxylic acids is 1. The monoisotopic (exact) mass is 244 g/mol. The molecule has 0 aliphatic rings. The standard InChI is InChI=1S/C12H14F2O3/c1-7-5-10(14)8(6-9(7)13)12(2,17)4-3-11(15)16/h5-6,17H,3-4H2,1-2H3,(H,15,16). The van der Waals surface area contributed by atoms with Gasteiger partial charge in [-0.1, -0.05) is 0 Å². The molecule has 1 atom stereocenters. The van der Waals surface area contributed by atoms with Crippen molar-refractivity contribution in [2.45, 2.75) is 32.3 Å². The fraction of sp³-hybridized carbons (Fsp3) is 0.417. The van der Waals surface area contributed by atoms with E-state index in [-0.39, 0.29) is 24.0 Å². The van der Waals surface area contributed by atoms with Crippen LogP contribution in [-0.2, 0) is 10.4 Å². The Hall–Kier alpha value is -1.49. The van der Waals surface area contributed by atoms with Crippen LogP contribution in [0.5, 0.6) is 0 Å². The van der Waals surface area contributed by atoms with Gasteiger partial charge >= 0.3 is 5.97 Å². The zero-order valence-corrected chi connectivity index (χ0v) is 9.63. The minimum atomic E-state index is -1.70. The van der Waals surface area contributed by atoms with Crippen molar-refractivity contribution >= 4 is 5.97 Å². The lowest BCUT2D eigenvalue weighted by Crippen LogP contribution is -2.24. The summed E-state index contributed by atoms with van der Waals surface area (Å²) >= 11 is 0. The van der Waals surface area contributed by atoms with Gasteiger partial charge in [0.15, 0.2) is 0 Å². The van der Waals surface area contributed by atoms with Gasteiger partial charge in [-0.05, 0) is 38.0 Å². The summed E-state index contributed by atoms with van der Waals surface area (Å²) in [4.78, 5) is 10.4. The van der Waals surface area contributed by atoms with Crippen molar-refractivity contribution in [2.24, 2.45) is 0 Å². The van der Waals surface area contributed by atoms with Gasteiger partial charge < -0.3 is 10.2 Å². The number of hydrogen-bond donors (Lipinski definition) is 2. The van der Waals surface area contributed by atoms with E-state index in [0.717, 1.165) is 12.1 Å². The average Bonchev–Trinajstić information content (AvgIpc) is 2.20. The largest absolute Gasteiger partial charge is 0.481 e. The van der Waals surface area contributed by atoms with Crippen LogP contribution in [0.3, 0.4) is 0 Å². The first-order chi connectivity index (χ1) is 7.74. The number of aliphatic hydroxyl groups is 1. The SMILES string of the molecule is Cc1cc(F)c(C(C)(O)CCC(=O)O)cc1F. The highest BCUT2D eigenvalue weighted by Gasteiger charge is 2.28. The predicted molar refractivity (Wildman–Crippen MR) is 57.5 cm³/mol. The van der Waals surface area contributed by atoms with Crippen LogP contribution in [0.2, 0.25) is 0 Å². The molecular formula is C12H14F2O3. The third-order valence-corrected chi connectivity index (χ3v) is 2.65. The molecule has 1 aromatic carbocycles. The van der Waals surface area contributed by atoms with Crippen LogP contribution in [0.4, 0.5) is 8.78 Å². The zero-order chi connectivity index (χ0) is 13.2. The fourth-order valence-corrected chi connectivity index (χ4v) is 1.54. The maximum absolute atomic E-state index is 13.6. The Balaban J connectivity index is 3.05. The number of aliphatic carboxylic acids is 1. The molecule has 94 valence electrons. The fourth-order valence-electron chi connectivity index (χ4n) is 1.54. The average molecular weight is 244 g/mol. The summed E-state index contributed by atoms with van der Waals surface area (Å²) in [6, 6.07) is 1.90. The second-order valence-corrected chi connectivity index (χ2v) is 4.25. The van der Waals surface area contributed by atoms with Gasteiger partial charge in [-0.3, -0.25) is 4.79 Å². The first kappa shape index (κ1) is 13.6. The van der Waals surface area contributed by atoms with E-state index in [2.05, 4.69) is 0 Å². The number of benzene rings is 1. The van der Waals surface area contributed by atoms with Gasteiger partial charge in [0.25, 0.3) is 0 Å². The van der Waals surface area contributed by atoms with Crippen molar-refractivity contribution in [1.82, 2.24) is 0 Å². The molecule has 1 unspecified atom stereocenters. The Morgan fingerprint density at radius 1 is 1.35 bits per heavy atom. The van der Waals surface area contributed by atoms with Gasteiger partial charge in [0.2, 0.25) is 0 Å². The highest BCUT2D eigenvalue weighted by Crippen LogP contribution is 2.29. The summed E-state index contributed by atoms with van der Waals surface area (Å²) in [5.41, 5.74) is -1.78. The molecule has 0 radical (unpaired) electrons. The molecule has 0 fully saturated rings. The van der Waals surface area contributed by atoms with Crippen molar-refractivity contribution in [2.75, 3.05) is 0 Å². The lowest BCUT2D eigenvalue weighted by Gasteiger charge is -2.24. The van der Waals surface area contributed by atoms with Crippen LogP contribution in [0.25, 0.3) is 0 Å². The summed E-state index contributed by atoms with van der Waals surface area (Å²) in [6.45, 7) is 2.68. The maximum Gasteiger partial charge on any atom is 0.303 e. The van der Waals surface area contributed by atoms with Crippen LogP contribution in [0.1, 0.15) is 30.9 Å². The highest BCUT2D eigenvalue weighted by atomic mass is 19.1. The number of halogens is 2. The molecule has 0 aromatic heterocycles. The Kier molecular flexibility index (Phi) is 3.83. The molecular weight excluding hydrogens is 230 g/mol. The van der Waals surface area contributed by atoms with Crippen molar-refractivity contribution in [1.29, 1.82) is 0 Å². The molecule has 0 spiro atoms. The summed E-state index contributed by atoms with van der Waals surface area (Å²) < 4.78 is 26.9. The molecule has 17 heavy (non-hydrogen) atoms. The summed E-state index contributed by atoms with van der Waals surface area (Å²) in [7, 11) is 0. The molecule has 0 saturated heterocycles. The second-order valence-electron chi connectivity index (χ2n) is 4.25. The smallest absolute Gasteiger partial charge is 0.303 e. The Bertz CT molecular complexity index is 442. The van der Waals surface area contributed by atoms with E-state index in [1.165, 1.54) is 13.8 Å². The Morgan fingerprint density at radius 2 is 1.94 bits per heavy atom. The first-order valence-electron chi connectivity index (χ1n) is 5.14. The molecule has 0 saturated carbocycles. The molecule has 3 nitrogen and oxygen atoms in total. The number of carbonyl (C=O) groups is 1. The lowest BCUT2D eigenvalue weighted by molar-refractivity contribution is -0.138. The minimum absolute atomic E-state index is 0.139. The van der Waals surface area contributed by atoms with Crippen molar-refractivity contribution in [3.8, 4) is 0 Å². The van der Waals surface area contributed by atoms with Crippen LogP contribution >= 0.6 is 0 Å². The van der Waals surface area contributed by atoms with E-state index >= 15 is 0 Å². The van der Waals surface area contributed by atoms with E-state index < -0.39 is 23.2 Å². The van der Waals surface area contributed by atoms with E-state index in [0.29, 0.717) is 0 Å². The third kappa shape index (κ3) is 3.23. The molecule has 0 aliphatic heterocycles. The lowest BCUT2D eigenvalue weighted by atomic mass is 9.90. The van der Waals surface area contributed by atoms with Gasteiger partial charge in [0.05, 0.1) is 5.60 Å². The number of carboxylic acid groups (broad SMARTS) is 1. The molecule has 1 rings (SSSR count). The third-order valence-electron chi connectivity index (χ3n) is 2.65. The zero-order valence-electron chi connectivity index (χ0n) is 9.63. The molecule has 0 heterocycles. The number of aryl methyl sites for hydroxylation is 1. The highest BCUT2D eigenvalue weighted by molar-refractivity contribution is 5.66. The van der Waals surface area contributed by atoms with Gasteiger partial charge in [-0.15, -0.1) is 0 Å². The molecule has 5 heteroatoms. The van der Waals surface area contributed by atoms with Crippen molar-refractivity contribution in [3.05, 3.63) is 34.9 Å². The molecule has 2 N–H and O–H groups in total. The van der Waals surface area contributed by atoms with Crippen LogP contribution in [0, 0.1) is 18.6 Å². The van der Waals surface area contributed by atoms with E-state index in [1.807, 2.05) is 0 Å². The Labute approximate surface area is 97.7 Å². The predicted octanol–water partition coefficient (Wildman–Crippen LogP) is 2.35. The quantitative estimate of drug-likeness (QED) is 0.854. The van der Waals surface area contributed by atoms with Gasteiger partial charge in [0, 0.05) is 12.0 Å². The number of rotatable bonds is 4. The summed E-state index contributed by atoms with van der Waals surface area (Å²) in [5, 5.41) is 18.5. The van der Waals surface area contributed by atoms with Gasteiger partial charge in [-0.25, -0.2) is 8.78 Å². The maximum atomic E-state index is 13.6. The van der Waals surface area contributed by atoms with Gasteiger partial charge in [-0.2, -0.15) is 0 Å². The minimum Gasteiger partial charge on any atom is -0.481 e. The van der Waals surface area contributed by atoms with Crippen LogP contribution in [0.15, 0.2) is 12.1 Å². The molecule has 0 amide bonds. The second kappa shape index (κ2) is 4.79. The van der Waals surface area contributed by atoms with E-state index in [1.54, 1.807) is 0 Å². The van der Waals surface area contributed by atoms with Crippen molar-refractivity contribution in [3.63, 3.8) is 0 Å². The van der Waals surface area contributed by atoms with Crippen molar-refractivity contribution < 1.29 is 23.8 Å². The van der Waals surface area contributed by atoms with E-state index in [9.17, 15) is 18.7 Å². The molecule has 0 bridgehead atoms.